The molecule has 2 aliphatic rings. The fourth-order valence-corrected chi connectivity index (χ4v) is 5.92. The van der Waals surface area contributed by atoms with Crippen molar-refractivity contribution in [3.05, 3.63) is 18.2 Å². The highest BCUT2D eigenvalue weighted by atomic mass is 32.2. The standard InChI is InChI=1S/C18H27NO4S/c1-13-7-9-14(10-8-13)19(15-11-12-15)24(20,21)18-16(22-2)5-4-6-17(18)23-3/h4-6,13-15H,7-12H2,1-3H3. The van der Waals surface area contributed by atoms with Gasteiger partial charge in [0.2, 0.25) is 0 Å². The molecule has 0 unspecified atom stereocenters. The molecule has 0 heterocycles. The number of methoxy groups -OCH3 is 2. The Morgan fingerprint density at radius 3 is 1.79 bits per heavy atom. The molecule has 134 valence electrons. The van der Waals surface area contributed by atoms with E-state index >= 15 is 0 Å². The molecule has 0 spiro atoms. The van der Waals surface area contributed by atoms with Crippen molar-refractivity contribution in [3.8, 4) is 11.5 Å². The van der Waals surface area contributed by atoms with Crippen molar-refractivity contribution in [1.82, 2.24) is 4.31 Å². The number of rotatable bonds is 6. The Bertz CT molecular complexity index is 654. The molecular weight excluding hydrogens is 326 g/mol. The van der Waals surface area contributed by atoms with E-state index in [1.807, 2.05) is 0 Å². The summed E-state index contributed by atoms with van der Waals surface area (Å²) in [7, 11) is -0.662. The molecule has 0 bridgehead atoms. The van der Waals surface area contributed by atoms with Gasteiger partial charge in [0.1, 0.15) is 11.5 Å². The zero-order valence-corrected chi connectivity index (χ0v) is 15.5. The van der Waals surface area contributed by atoms with Gasteiger partial charge in [-0.05, 0) is 56.6 Å². The Balaban J connectivity index is 2.01. The molecule has 0 amide bonds. The molecule has 6 heteroatoms. The second-order valence-electron chi connectivity index (χ2n) is 6.97. The number of sulfonamides is 1. The van der Waals surface area contributed by atoms with Gasteiger partial charge in [0.15, 0.2) is 4.90 Å². The van der Waals surface area contributed by atoms with E-state index in [4.69, 9.17) is 9.47 Å². The van der Waals surface area contributed by atoms with Crippen LogP contribution in [-0.2, 0) is 10.0 Å². The van der Waals surface area contributed by atoms with Crippen LogP contribution in [-0.4, -0.2) is 39.0 Å². The Morgan fingerprint density at radius 2 is 1.38 bits per heavy atom. The summed E-state index contributed by atoms with van der Waals surface area (Å²) >= 11 is 0. The highest BCUT2D eigenvalue weighted by Crippen LogP contribution is 2.43. The first kappa shape index (κ1) is 17.5. The van der Waals surface area contributed by atoms with Crippen molar-refractivity contribution in [2.75, 3.05) is 14.2 Å². The predicted molar refractivity (Wildman–Crippen MR) is 93.0 cm³/mol. The first-order valence-electron chi connectivity index (χ1n) is 8.73. The summed E-state index contributed by atoms with van der Waals surface area (Å²) in [6.07, 6.45) is 5.95. The average molecular weight is 353 g/mol. The molecule has 2 aliphatic carbocycles. The van der Waals surface area contributed by atoms with E-state index in [2.05, 4.69) is 6.92 Å². The average Bonchev–Trinajstić information content (AvgIpc) is 3.40. The highest BCUT2D eigenvalue weighted by molar-refractivity contribution is 7.89. The van der Waals surface area contributed by atoms with Crippen LogP contribution in [0.4, 0.5) is 0 Å². The molecule has 1 aromatic rings. The molecule has 0 saturated heterocycles. The third-order valence-corrected chi connectivity index (χ3v) is 7.24. The number of hydrogen-bond acceptors (Lipinski definition) is 4. The van der Waals surface area contributed by atoms with Crippen molar-refractivity contribution in [1.29, 1.82) is 0 Å². The van der Waals surface area contributed by atoms with Crippen molar-refractivity contribution >= 4 is 10.0 Å². The van der Waals surface area contributed by atoms with Gasteiger partial charge in [-0.1, -0.05) is 13.0 Å². The van der Waals surface area contributed by atoms with E-state index in [0.29, 0.717) is 17.4 Å². The van der Waals surface area contributed by atoms with E-state index in [1.54, 1.807) is 22.5 Å². The van der Waals surface area contributed by atoms with E-state index < -0.39 is 10.0 Å². The highest BCUT2D eigenvalue weighted by Gasteiger charge is 2.45. The van der Waals surface area contributed by atoms with Crippen LogP contribution in [0.2, 0.25) is 0 Å². The van der Waals surface area contributed by atoms with Crippen molar-refractivity contribution in [2.45, 2.75) is 62.4 Å². The number of benzene rings is 1. The van der Waals surface area contributed by atoms with Crippen LogP contribution in [0.3, 0.4) is 0 Å². The maximum Gasteiger partial charge on any atom is 0.250 e. The molecule has 3 rings (SSSR count). The van der Waals surface area contributed by atoms with Gasteiger partial charge < -0.3 is 9.47 Å². The second-order valence-corrected chi connectivity index (χ2v) is 8.75. The minimum Gasteiger partial charge on any atom is -0.495 e. The van der Waals surface area contributed by atoms with Crippen molar-refractivity contribution < 1.29 is 17.9 Å². The first-order chi connectivity index (χ1) is 11.5. The first-order valence-corrected chi connectivity index (χ1v) is 10.2. The van der Waals surface area contributed by atoms with Crippen LogP contribution in [0.15, 0.2) is 23.1 Å². The number of hydrogen-bond donors (Lipinski definition) is 0. The second kappa shape index (κ2) is 6.92. The minimum absolute atomic E-state index is 0.0910. The summed E-state index contributed by atoms with van der Waals surface area (Å²) in [5, 5.41) is 0. The smallest absolute Gasteiger partial charge is 0.250 e. The van der Waals surface area contributed by atoms with Gasteiger partial charge in [0.25, 0.3) is 10.0 Å². The van der Waals surface area contributed by atoms with Gasteiger partial charge in [0, 0.05) is 12.1 Å². The van der Waals surface area contributed by atoms with Crippen LogP contribution in [0, 0.1) is 5.92 Å². The van der Waals surface area contributed by atoms with Crippen molar-refractivity contribution in [2.24, 2.45) is 5.92 Å². The quantitative estimate of drug-likeness (QED) is 0.786. The Kier molecular flexibility index (Phi) is 5.06. The lowest BCUT2D eigenvalue weighted by Gasteiger charge is -2.36. The summed E-state index contributed by atoms with van der Waals surface area (Å²) in [6.45, 7) is 2.25. The van der Waals surface area contributed by atoms with Gasteiger partial charge >= 0.3 is 0 Å². The molecule has 5 nitrogen and oxygen atoms in total. The number of ether oxygens (including phenoxy) is 2. The molecule has 1 aromatic carbocycles. The summed E-state index contributed by atoms with van der Waals surface area (Å²) in [4.78, 5) is 0.167. The molecule has 0 atom stereocenters. The summed E-state index contributed by atoms with van der Waals surface area (Å²) < 4.78 is 39.5. The van der Waals surface area contributed by atoms with Crippen molar-refractivity contribution in [3.63, 3.8) is 0 Å². The van der Waals surface area contributed by atoms with Crippen LogP contribution < -0.4 is 9.47 Å². The summed E-state index contributed by atoms with van der Waals surface area (Å²) in [5.41, 5.74) is 0. The monoisotopic (exact) mass is 353 g/mol. The lowest BCUT2D eigenvalue weighted by Crippen LogP contribution is -2.43. The molecule has 2 saturated carbocycles. The van der Waals surface area contributed by atoms with Gasteiger partial charge in [-0.15, -0.1) is 0 Å². The van der Waals surface area contributed by atoms with Crippen LogP contribution in [0.5, 0.6) is 11.5 Å². The van der Waals surface area contributed by atoms with Gasteiger partial charge in [-0.25, -0.2) is 8.42 Å². The van der Waals surface area contributed by atoms with Crippen LogP contribution >= 0.6 is 0 Å². The van der Waals surface area contributed by atoms with Gasteiger partial charge in [-0.2, -0.15) is 4.31 Å². The fourth-order valence-electron chi connectivity index (χ4n) is 3.69. The summed E-state index contributed by atoms with van der Waals surface area (Å²) in [5.74, 6) is 1.39. The molecule has 2 fully saturated rings. The molecule has 0 N–H and O–H groups in total. The van der Waals surface area contributed by atoms with Crippen LogP contribution in [0.25, 0.3) is 0 Å². The third-order valence-electron chi connectivity index (χ3n) is 5.17. The SMILES string of the molecule is COc1cccc(OC)c1S(=O)(=O)N(C1CCC(C)CC1)C1CC1. The fraction of sp³-hybridized carbons (Fsp3) is 0.667. The zero-order valence-electron chi connectivity index (χ0n) is 14.7. The van der Waals surface area contributed by atoms with E-state index in [9.17, 15) is 8.42 Å². The van der Waals surface area contributed by atoms with Gasteiger partial charge in [-0.3, -0.25) is 0 Å². The molecular formula is C18H27NO4S. The topological polar surface area (TPSA) is 55.8 Å². The van der Waals surface area contributed by atoms with Gasteiger partial charge in [0.05, 0.1) is 14.2 Å². The lowest BCUT2D eigenvalue weighted by molar-refractivity contribution is 0.215. The predicted octanol–water partition coefficient (Wildman–Crippen LogP) is 3.44. The third kappa shape index (κ3) is 3.26. The Hall–Kier alpha value is -1.27. The Morgan fingerprint density at radius 1 is 0.917 bits per heavy atom. The normalized spacial score (nSPS) is 24.8. The van der Waals surface area contributed by atoms with E-state index in [0.717, 1.165) is 38.5 Å². The molecule has 0 aromatic heterocycles. The summed E-state index contributed by atoms with van der Waals surface area (Å²) in [6, 6.07) is 5.34. The lowest BCUT2D eigenvalue weighted by atomic mass is 9.87. The molecule has 0 radical (unpaired) electrons. The molecule has 24 heavy (non-hydrogen) atoms. The molecule has 0 aliphatic heterocycles. The largest absolute Gasteiger partial charge is 0.495 e. The Labute approximate surface area is 145 Å². The van der Waals surface area contributed by atoms with E-state index in [-0.39, 0.29) is 17.0 Å². The maximum absolute atomic E-state index is 13.5. The zero-order chi connectivity index (χ0) is 17.3. The van der Waals surface area contributed by atoms with Crippen LogP contribution in [0.1, 0.15) is 45.4 Å². The minimum atomic E-state index is -3.66. The van der Waals surface area contributed by atoms with E-state index in [1.165, 1.54) is 14.2 Å². The maximum atomic E-state index is 13.5. The number of nitrogens with zero attached hydrogens (tertiary/aromatic N) is 1.